The Morgan fingerprint density at radius 1 is 1.26 bits per heavy atom. The molecule has 1 N–H and O–H groups in total. The topological polar surface area (TPSA) is 81.9 Å². The van der Waals surface area contributed by atoms with Gasteiger partial charge in [-0.15, -0.1) is 10.2 Å². The maximum atomic E-state index is 12.5. The number of aromatic nitrogens is 4. The molecule has 0 saturated heterocycles. The summed E-state index contributed by atoms with van der Waals surface area (Å²) in [6, 6.07) is 10.2. The number of rotatable bonds is 3. The fourth-order valence-corrected chi connectivity index (χ4v) is 4.67. The Balaban J connectivity index is 1.34. The molecule has 27 heavy (non-hydrogen) atoms. The minimum atomic E-state index is -0.285. The highest BCUT2D eigenvalue weighted by molar-refractivity contribution is 7.15. The number of ether oxygens (including phenoxy) is 1. The molecule has 1 aliphatic heterocycles. The van der Waals surface area contributed by atoms with E-state index in [1.54, 1.807) is 10.7 Å². The van der Waals surface area contributed by atoms with E-state index in [9.17, 15) is 4.79 Å². The van der Waals surface area contributed by atoms with Crippen molar-refractivity contribution in [2.45, 2.75) is 38.1 Å². The standard InChI is InChI=1S/C19H19N5O2S/c25-17(15-11-16-24(23-15)9-4-10-26-16)20-19-22-21-18(27-19)14-8-3-6-12-5-1-2-7-13(12)14/h1-2,5,7,11,14H,3-4,6,8-10H2,(H,20,22,25). The summed E-state index contributed by atoms with van der Waals surface area (Å²) >= 11 is 1.44. The predicted octanol–water partition coefficient (Wildman–Crippen LogP) is 3.24. The van der Waals surface area contributed by atoms with Crippen molar-refractivity contribution in [3.05, 3.63) is 52.2 Å². The summed E-state index contributed by atoms with van der Waals surface area (Å²) in [5, 5.41) is 17.1. The molecule has 8 heteroatoms. The molecule has 0 radical (unpaired) electrons. The normalized spacial score (nSPS) is 18.3. The summed E-state index contributed by atoms with van der Waals surface area (Å²) in [4.78, 5) is 12.5. The van der Waals surface area contributed by atoms with Crippen molar-refractivity contribution < 1.29 is 9.53 Å². The van der Waals surface area contributed by atoms with Crippen molar-refractivity contribution in [1.82, 2.24) is 20.0 Å². The van der Waals surface area contributed by atoms with Gasteiger partial charge in [0.1, 0.15) is 5.01 Å². The van der Waals surface area contributed by atoms with Crippen LogP contribution in [-0.4, -0.2) is 32.5 Å². The van der Waals surface area contributed by atoms with Gasteiger partial charge in [0.15, 0.2) is 5.69 Å². The van der Waals surface area contributed by atoms with Gasteiger partial charge in [0.05, 0.1) is 6.61 Å². The Hall–Kier alpha value is -2.74. The lowest BCUT2D eigenvalue weighted by molar-refractivity contribution is 0.102. The molecule has 1 atom stereocenters. The van der Waals surface area contributed by atoms with Crippen LogP contribution >= 0.6 is 11.3 Å². The molecule has 0 bridgehead atoms. The van der Waals surface area contributed by atoms with Crippen molar-refractivity contribution in [2.75, 3.05) is 11.9 Å². The molecule has 0 fully saturated rings. The number of hydrogen-bond donors (Lipinski definition) is 1. The van der Waals surface area contributed by atoms with Gasteiger partial charge in [0.2, 0.25) is 11.0 Å². The highest BCUT2D eigenvalue weighted by Gasteiger charge is 2.25. The van der Waals surface area contributed by atoms with Gasteiger partial charge in [-0.2, -0.15) is 5.10 Å². The summed E-state index contributed by atoms with van der Waals surface area (Å²) in [6.45, 7) is 1.43. The number of hydrogen-bond acceptors (Lipinski definition) is 6. The van der Waals surface area contributed by atoms with Crippen molar-refractivity contribution in [3.63, 3.8) is 0 Å². The first-order valence-corrected chi connectivity index (χ1v) is 10.0. The third-order valence-electron chi connectivity index (χ3n) is 5.07. The second kappa shape index (κ2) is 6.77. The van der Waals surface area contributed by atoms with Gasteiger partial charge in [-0.3, -0.25) is 10.1 Å². The number of carbonyl (C=O) groups is 1. The molecule has 7 nitrogen and oxygen atoms in total. The lowest BCUT2D eigenvalue weighted by Crippen LogP contribution is -2.16. The number of carbonyl (C=O) groups excluding carboxylic acids is 1. The first kappa shape index (κ1) is 16.4. The largest absolute Gasteiger partial charge is 0.478 e. The Morgan fingerprint density at radius 2 is 2.19 bits per heavy atom. The van der Waals surface area contributed by atoms with Crippen LogP contribution in [-0.2, 0) is 13.0 Å². The van der Waals surface area contributed by atoms with Crippen LogP contribution in [0.1, 0.15) is 51.8 Å². The maximum absolute atomic E-state index is 12.5. The molecular weight excluding hydrogens is 362 g/mol. The SMILES string of the molecule is O=C(Nc1nnc(C2CCCc3ccccc32)s1)c1cc2n(n1)CCCO2. The fraction of sp³-hybridized carbons (Fsp3) is 0.368. The molecule has 5 rings (SSSR count). The van der Waals surface area contributed by atoms with Crippen LogP contribution in [0.5, 0.6) is 5.88 Å². The summed E-state index contributed by atoms with van der Waals surface area (Å²) in [6.07, 6.45) is 4.22. The van der Waals surface area contributed by atoms with Crippen LogP contribution in [0.25, 0.3) is 0 Å². The van der Waals surface area contributed by atoms with E-state index in [0.29, 0.717) is 23.3 Å². The number of nitrogens with one attached hydrogen (secondary N) is 1. The number of fused-ring (bicyclic) bond motifs is 2. The van der Waals surface area contributed by atoms with Gasteiger partial charge in [-0.05, 0) is 30.4 Å². The Bertz CT molecular complexity index is 972. The third-order valence-corrected chi connectivity index (χ3v) is 6.02. The Labute approximate surface area is 160 Å². The lowest BCUT2D eigenvalue weighted by atomic mass is 9.83. The highest BCUT2D eigenvalue weighted by atomic mass is 32.1. The highest BCUT2D eigenvalue weighted by Crippen LogP contribution is 2.38. The van der Waals surface area contributed by atoms with Crippen molar-refractivity contribution in [1.29, 1.82) is 0 Å². The van der Waals surface area contributed by atoms with Crippen LogP contribution in [0.3, 0.4) is 0 Å². The minimum absolute atomic E-state index is 0.256. The first-order valence-electron chi connectivity index (χ1n) is 9.21. The summed E-state index contributed by atoms with van der Waals surface area (Å²) in [5.41, 5.74) is 3.06. The molecule has 2 aromatic heterocycles. The molecule has 1 amide bonds. The van der Waals surface area contributed by atoms with Crippen LogP contribution in [0.2, 0.25) is 0 Å². The molecular formula is C19H19N5O2S. The van der Waals surface area contributed by atoms with E-state index < -0.39 is 0 Å². The second-order valence-electron chi connectivity index (χ2n) is 6.84. The van der Waals surface area contributed by atoms with E-state index in [2.05, 4.69) is 44.9 Å². The first-order chi connectivity index (χ1) is 13.3. The third kappa shape index (κ3) is 3.10. The van der Waals surface area contributed by atoms with E-state index in [1.807, 2.05) is 0 Å². The number of benzene rings is 1. The lowest BCUT2D eigenvalue weighted by Gasteiger charge is -2.23. The maximum Gasteiger partial charge on any atom is 0.278 e. The fourth-order valence-electron chi connectivity index (χ4n) is 3.78. The summed E-state index contributed by atoms with van der Waals surface area (Å²) in [7, 11) is 0. The van der Waals surface area contributed by atoms with Crippen LogP contribution in [0.4, 0.5) is 5.13 Å². The molecule has 0 spiro atoms. The molecule has 1 unspecified atom stereocenters. The number of amides is 1. The van der Waals surface area contributed by atoms with Gasteiger partial charge in [-0.25, -0.2) is 4.68 Å². The number of anilines is 1. The van der Waals surface area contributed by atoms with E-state index in [0.717, 1.165) is 37.2 Å². The predicted molar refractivity (Wildman–Crippen MR) is 101 cm³/mol. The molecule has 2 aliphatic rings. The summed E-state index contributed by atoms with van der Waals surface area (Å²) in [5.74, 6) is 0.613. The van der Waals surface area contributed by atoms with Gasteiger partial charge in [0.25, 0.3) is 5.91 Å². The number of aryl methyl sites for hydroxylation is 2. The van der Waals surface area contributed by atoms with E-state index in [-0.39, 0.29) is 11.8 Å². The van der Waals surface area contributed by atoms with Crippen molar-refractivity contribution in [3.8, 4) is 5.88 Å². The smallest absolute Gasteiger partial charge is 0.278 e. The molecule has 138 valence electrons. The van der Waals surface area contributed by atoms with Crippen LogP contribution in [0.15, 0.2) is 30.3 Å². The average molecular weight is 381 g/mol. The Morgan fingerprint density at radius 3 is 3.11 bits per heavy atom. The zero-order valence-electron chi connectivity index (χ0n) is 14.7. The summed E-state index contributed by atoms with van der Waals surface area (Å²) < 4.78 is 7.24. The van der Waals surface area contributed by atoms with Gasteiger partial charge in [-0.1, -0.05) is 35.6 Å². The van der Waals surface area contributed by atoms with Crippen LogP contribution < -0.4 is 10.1 Å². The molecule has 3 heterocycles. The van der Waals surface area contributed by atoms with Gasteiger partial charge >= 0.3 is 0 Å². The second-order valence-corrected chi connectivity index (χ2v) is 7.85. The molecule has 3 aromatic rings. The minimum Gasteiger partial charge on any atom is -0.478 e. The monoisotopic (exact) mass is 381 g/mol. The van der Waals surface area contributed by atoms with Crippen molar-refractivity contribution >= 4 is 22.4 Å². The Kier molecular flexibility index (Phi) is 4.12. The van der Waals surface area contributed by atoms with E-state index in [1.165, 1.54) is 22.5 Å². The van der Waals surface area contributed by atoms with E-state index >= 15 is 0 Å². The zero-order chi connectivity index (χ0) is 18.2. The van der Waals surface area contributed by atoms with Crippen LogP contribution in [0, 0.1) is 0 Å². The number of nitrogens with zero attached hydrogens (tertiary/aromatic N) is 4. The van der Waals surface area contributed by atoms with Gasteiger partial charge in [0, 0.05) is 24.9 Å². The molecule has 1 aromatic carbocycles. The van der Waals surface area contributed by atoms with Gasteiger partial charge < -0.3 is 4.74 Å². The van der Waals surface area contributed by atoms with E-state index in [4.69, 9.17) is 4.74 Å². The quantitative estimate of drug-likeness (QED) is 0.753. The molecule has 0 saturated carbocycles. The molecule has 1 aliphatic carbocycles. The van der Waals surface area contributed by atoms with Crippen molar-refractivity contribution in [2.24, 2.45) is 0 Å². The zero-order valence-corrected chi connectivity index (χ0v) is 15.5. The average Bonchev–Trinajstić information content (AvgIpc) is 3.34.